The Kier molecular flexibility index (Phi) is 5.01. The van der Waals surface area contributed by atoms with Gasteiger partial charge in [0.15, 0.2) is 0 Å². The lowest BCUT2D eigenvalue weighted by Crippen LogP contribution is -2.53. The molecule has 1 aliphatic carbocycles. The summed E-state index contributed by atoms with van der Waals surface area (Å²) in [5, 5.41) is 3.30. The van der Waals surface area contributed by atoms with Gasteiger partial charge in [-0.2, -0.15) is 0 Å². The molecule has 0 aromatic heterocycles. The van der Waals surface area contributed by atoms with E-state index in [1.165, 1.54) is 12.8 Å². The number of piperazine rings is 1. The van der Waals surface area contributed by atoms with Gasteiger partial charge >= 0.3 is 0 Å². The Morgan fingerprint density at radius 1 is 1.39 bits per heavy atom. The van der Waals surface area contributed by atoms with E-state index in [-0.39, 0.29) is 12.5 Å². The van der Waals surface area contributed by atoms with Crippen LogP contribution in [-0.2, 0) is 9.53 Å². The molecule has 18 heavy (non-hydrogen) atoms. The predicted octanol–water partition coefficient (Wildman–Crippen LogP) is 1.40. The molecule has 3 atom stereocenters. The molecular formula is C14H26N2O2. The Bertz CT molecular complexity index is 283. The number of amides is 1. The standard InChI is InChI=1S/C14H26N2O2/c1-11-4-3-5-13(8-11)18-10-14(17)16-7-6-15-9-12(16)2/h11-13,15H,3-10H2,1-2H3/t11-,12-,13+/m1/s1. The van der Waals surface area contributed by atoms with E-state index in [0.29, 0.717) is 12.1 Å². The van der Waals surface area contributed by atoms with Crippen molar-refractivity contribution in [3.05, 3.63) is 0 Å². The minimum Gasteiger partial charge on any atom is -0.368 e. The smallest absolute Gasteiger partial charge is 0.248 e. The predicted molar refractivity (Wildman–Crippen MR) is 71.4 cm³/mol. The van der Waals surface area contributed by atoms with E-state index >= 15 is 0 Å². The van der Waals surface area contributed by atoms with Crippen LogP contribution in [0.1, 0.15) is 39.5 Å². The summed E-state index contributed by atoms with van der Waals surface area (Å²) in [5.74, 6) is 0.902. The van der Waals surface area contributed by atoms with Gasteiger partial charge in [-0.25, -0.2) is 0 Å². The second-order valence-electron chi connectivity index (χ2n) is 5.85. The van der Waals surface area contributed by atoms with Crippen LogP contribution in [0, 0.1) is 5.92 Å². The molecule has 0 unspecified atom stereocenters. The third-order valence-corrected chi connectivity index (χ3v) is 4.15. The minimum absolute atomic E-state index is 0.155. The monoisotopic (exact) mass is 254 g/mol. The maximum atomic E-state index is 12.1. The van der Waals surface area contributed by atoms with Crippen molar-refractivity contribution < 1.29 is 9.53 Å². The van der Waals surface area contributed by atoms with Crippen LogP contribution in [0.4, 0.5) is 0 Å². The molecule has 0 aromatic carbocycles. The zero-order valence-electron chi connectivity index (χ0n) is 11.7. The quantitative estimate of drug-likeness (QED) is 0.828. The molecule has 1 amide bonds. The molecule has 2 aliphatic rings. The number of carbonyl (C=O) groups is 1. The van der Waals surface area contributed by atoms with Crippen molar-refractivity contribution in [1.29, 1.82) is 0 Å². The summed E-state index contributed by atoms with van der Waals surface area (Å²) in [6, 6.07) is 0.292. The highest BCUT2D eigenvalue weighted by Crippen LogP contribution is 2.25. The Morgan fingerprint density at radius 3 is 2.94 bits per heavy atom. The molecule has 1 saturated carbocycles. The van der Waals surface area contributed by atoms with Gasteiger partial charge in [0.25, 0.3) is 0 Å². The lowest BCUT2D eigenvalue weighted by atomic mass is 9.89. The fourth-order valence-corrected chi connectivity index (χ4v) is 3.01. The number of carbonyl (C=O) groups excluding carboxylic acids is 1. The molecule has 4 nitrogen and oxygen atoms in total. The zero-order chi connectivity index (χ0) is 13.0. The number of rotatable bonds is 3. The minimum atomic E-state index is 0.155. The van der Waals surface area contributed by atoms with E-state index in [9.17, 15) is 4.79 Å². The Balaban J connectivity index is 1.73. The van der Waals surface area contributed by atoms with Crippen LogP contribution in [0.3, 0.4) is 0 Å². The molecule has 1 heterocycles. The Morgan fingerprint density at radius 2 is 2.22 bits per heavy atom. The molecule has 104 valence electrons. The van der Waals surface area contributed by atoms with Gasteiger partial charge in [-0.15, -0.1) is 0 Å². The molecule has 1 saturated heterocycles. The third-order valence-electron chi connectivity index (χ3n) is 4.15. The van der Waals surface area contributed by atoms with Crippen molar-refractivity contribution in [2.24, 2.45) is 5.92 Å². The highest BCUT2D eigenvalue weighted by Gasteiger charge is 2.25. The first kappa shape index (κ1) is 13.8. The first-order valence-corrected chi connectivity index (χ1v) is 7.28. The van der Waals surface area contributed by atoms with Gasteiger partial charge in [0.05, 0.1) is 6.10 Å². The summed E-state index contributed by atoms with van der Waals surface area (Å²) < 4.78 is 5.81. The van der Waals surface area contributed by atoms with Gasteiger partial charge in [0.2, 0.25) is 5.91 Å². The van der Waals surface area contributed by atoms with Gasteiger partial charge in [0.1, 0.15) is 6.61 Å². The normalized spacial score (nSPS) is 33.4. The highest BCUT2D eigenvalue weighted by atomic mass is 16.5. The van der Waals surface area contributed by atoms with Crippen LogP contribution >= 0.6 is 0 Å². The van der Waals surface area contributed by atoms with E-state index in [1.807, 2.05) is 4.90 Å². The molecular weight excluding hydrogens is 228 g/mol. The molecule has 0 spiro atoms. The van der Waals surface area contributed by atoms with Crippen molar-refractivity contribution >= 4 is 5.91 Å². The zero-order valence-corrected chi connectivity index (χ0v) is 11.7. The maximum absolute atomic E-state index is 12.1. The second kappa shape index (κ2) is 6.53. The summed E-state index contributed by atoms with van der Waals surface area (Å²) in [5.41, 5.74) is 0. The molecule has 0 aromatic rings. The molecule has 0 bridgehead atoms. The van der Waals surface area contributed by atoms with E-state index in [0.717, 1.165) is 38.4 Å². The average Bonchev–Trinajstić information content (AvgIpc) is 2.37. The van der Waals surface area contributed by atoms with Crippen LogP contribution < -0.4 is 5.32 Å². The molecule has 0 radical (unpaired) electrons. The van der Waals surface area contributed by atoms with Gasteiger partial charge in [-0.3, -0.25) is 4.79 Å². The SMILES string of the molecule is C[C@@H]1CCC[C@H](OCC(=O)N2CCNC[C@H]2C)C1. The molecule has 2 fully saturated rings. The number of nitrogens with zero attached hydrogens (tertiary/aromatic N) is 1. The fourth-order valence-electron chi connectivity index (χ4n) is 3.01. The first-order valence-electron chi connectivity index (χ1n) is 7.28. The summed E-state index contributed by atoms with van der Waals surface area (Å²) in [4.78, 5) is 14.1. The molecule has 1 N–H and O–H groups in total. The van der Waals surface area contributed by atoms with Gasteiger partial charge in [0, 0.05) is 25.7 Å². The largest absolute Gasteiger partial charge is 0.368 e. The van der Waals surface area contributed by atoms with Crippen LogP contribution in [0.2, 0.25) is 0 Å². The molecule has 1 aliphatic heterocycles. The average molecular weight is 254 g/mol. The molecule has 2 rings (SSSR count). The lowest BCUT2D eigenvalue weighted by molar-refractivity contribution is -0.142. The van der Waals surface area contributed by atoms with Crippen LogP contribution in [-0.4, -0.2) is 49.2 Å². The summed E-state index contributed by atoms with van der Waals surface area (Å²) in [6.07, 6.45) is 5.09. The van der Waals surface area contributed by atoms with Crippen LogP contribution in [0.25, 0.3) is 0 Å². The van der Waals surface area contributed by atoms with E-state index in [1.54, 1.807) is 0 Å². The maximum Gasteiger partial charge on any atom is 0.248 e. The molecule has 4 heteroatoms. The van der Waals surface area contributed by atoms with Crippen LogP contribution in [0.15, 0.2) is 0 Å². The van der Waals surface area contributed by atoms with Crippen molar-refractivity contribution in [3.8, 4) is 0 Å². The van der Waals surface area contributed by atoms with E-state index in [2.05, 4.69) is 19.2 Å². The number of ether oxygens (including phenoxy) is 1. The Hall–Kier alpha value is -0.610. The van der Waals surface area contributed by atoms with Crippen molar-refractivity contribution in [2.75, 3.05) is 26.2 Å². The van der Waals surface area contributed by atoms with Crippen LogP contribution in [0.5, 0.6) is 0 Å². The summed E-state index contributed by atoms with van der Waals surface area (Å²) in [7, 11) is 0. The fraction of sp³-hybridized carbons (Fsp3) is 0.929. The number of hydrogen-bond acceptors (Lipinski definition) is 3. The summed E-state index contributed by atoms with van der Waals surface area (Å²) in [6.45, 7) is 7.23. The second-order valence-corrected chi connectivity index (χ2v) is 5.85. The van der Waals surface area contributed by atoms with Crippen molar-refractivity contribution in [3.63, 3.8) is 0 Å². The Labute approximate surface area is 110 Å². The number of nitrogens with one attached hydrogen (secondary N) is 1. The van der Waals surface area contributed by atoms with Crippen molar-refractivity contribution in [1.82, 2.24) is 10.2 Å². The first-order chi connectivity index (χ1) is 8.66. The van der Waals surface area contributed by atoms with E-state index < -0.39 is 0 Å². The van der Waals surface area contributed by atoms with Gasteiger partial charge in [-0.1, -0.05) is 19.8 Å². The topological polar surface area (TPSA) is 41.6 Å². The summed E-state index contributed by atoms with van der Waals surface area (Å²) >= 11 is 0. The third kappa shape index (κ3) is 3.69. The van der Waals surface area contributed by atoms with Gasteiger partial charge in [-0.05, 0) is 25.7 Å². The van der Waals surface area contributed by atoms with Crippen molar-refractivity contribution in [2.45, 2.75) is 51.7 Å². The van der Waals surface area contributed by atoms with Gasteiger partial charge < -0.3 is 15.0 Å². The highest BCUT2D eigenvalue weighted by molar-refractivity contribution is 5.77. The lowest BCUT2D eigenvalue weighted by Gasteiger charge is -2.34. The number of hydrogen-bond donors (Lipinski definition) is 1. The van der Waals surface area contributed by atoms with E-state index in [4.69, 9.17) is 4.74 Å².